The van der Waals surface area contributed by atoms with Crippen molar-refractivity contribution in [1.82, 2.24) is 19.8 Å². The Hall–Kier alpha value is -1.31. The van der Waals surface area contributed by atoms with Gasteiger partial charge in [0.1, 0.15) is 11.3 Å². The zero-order valence-corrected chi connectivity index (χ0v) is 9.20. The first-order valence-electron chi connectivity index (χ1n) is 4.30. The van der Waals surface area contributed by atoms with Crippen molar-refractivity contribution in [1.29, 1.82) is 0 Å². The normalized spacial score (nSPS) is 13.4. The zero-order chi connectivity index (χ0) is 10.3. The number of aromatic nitrogens is 4. The van der Waals surface area contributed by atoms with Gasteiger partial charge in [-0.2, -0.15) is 9.61 Å². The second-order valence-electron chi connectivity index (χ2n) is 2.99. The molecule has 3 aromatic rings. The standard InChI is InChI=1S/C8H7N5S2/c9-6(5-2-1-3-14-5)7-12-13-4-10-11-8(13)15-7/h1-4,6H,9H2. The Kier molecular flexibility index (Phi) is 2.01. The molecule has 0 spiro atoms. The van der Waals surface area contributed by atoms with Crippen LogP contribution in [-0.4, -0.2) is 19.8 Å². The third kappa shape index (κ3) is 1.44. The van der Waals surface area contributed by atoms with Crippen molar-refractivity contribution in [2.45, 2.75) is 6.04 Å². The topological polar surface area (TPSA) is 69.1 Å². The maximum atomic E-state index is 6.08. The van der Waals surface area contributed by atoms with Crippen LogP contribution in [0.2, 0.25) is 0 Å². The summed E-state index contributed by atoms with van der Waals surface area (Å²) in [5.74, 6) is 0. The Morgan fingerprint density at radius 2 is 2.40 bits per heavy atom. The lowest BCUT2D eigenvalue weighted by atomic mass is 10.3. The molecule has 3 aromatic heterocycles. The summed E-state index contributed by atoms with van der Waals surface area (Å²) in [7, 11) is 0. The minimum Gasteiger partial charge on any atom is -0.318 e. The Morgan fingerprint density at radius 3 is 3.13 bits per heavy atom. The molecule has 0 fully saturated rings. The Labute approximate surface area is 93.2 Å². The maximum Gasteiger partial charge on any atom is 0.234 e. The molecule has 0 aromatic carbocycles. The van der Waals surface area contributed by atoms with Gasteiger partial charge in [-0.25, -0.2) is 0 Å². The monoisotopic (exact) mass is 237 g/mol. The highest BCUT2D eigenvalue weighted by Gasteiger charge is 2.15. The van der Waals surface area contributed by atoms with Crippen molar-refractivity contribution in [2.24, 2.45) is 5.73 Å². The molecule has 0 aliphatic heterocycles. The molecule has 0 aliphatic carbocycles. The van der Waals surface area contributed by atoms with Crippen LogP contribution < -0.4 is 5.73 Å². The summed E-state index contributed by atoms with van der Waals surface area (Å²) in [5.41, 5.74) is 6.08. The molecule has 0 saturated carbocycles. The van der Waals surface area contributed by atoms with Crippen LogP contribution in [0.15, 0.2) is 23.8 Å². The zero-order valence-electron chi connectivity index (χ0n) is 7.57. The number of thiophene rings is 1. The highest BCUT2D eigenvalue weighted by molar-refractivity contribution is 7.17. The second kappa shape index (κ2) is 3.37. The average molecular weight is 237 g/mol. The predicted molar refractivity (Wildman–Crippen MR) is 59.0 cm³/mol. The van der Waals surface area contributed by atoms with Crippen molar-refractivity contribution in [3.63, 3.8) is 0 Å². The van der Waals surface area contributed by atoms with Crippen molar-refractivity contribution >= 4 is 27.6 Å². The van der Waals surface area contributed by atoms with E-state index in [0.717, 1.165) is 14.8 Å². The molecule has 0 aliphatic rings. The molecule has 0 radical (unpaired) electrons. The van der Waals surface area contributed by atoms with E-state index < -0.39 is 0 Å². The van der Waals surface area contributed by atoms with Crippen LogP contribution in [0.4, 0.5) is 0 Å². The molecule has 76 valence electrons. The van der Waals surface area contributed by atoms with Crippen molar-refractivity contribution in [3.8, 4) is 0 Å². The molecule has 3 heterocycles. The summed E-state index contributed by atoms with van der Waals surface area (Å²) in [6.45, 7) is 0. The summed E-state index contributed by atoms with van der Waals surface area (Å²) >= 11 is 3.10. The Morgan fingerprint density at radius 1 is 1.47 bits per heavy atom. The Bertz CT molecular complexity index is 538. The fourth-order valence-electron chi connectivity index (χ4n) is 1.29. The highest BCUT2D eigenvalue weighted by Crippen LogP contribution is 2.26. The first kappa shape index (κ1) is 8.96. The number of hydrogen-bond acceptors (Lipinski definition) is 6. The predicted octanol–water partition coefficient (Wildman–Crippen LogP) is 1.30. The van der Waals surface area contributed by atoms with E-state index in [1.807, 2.05) is 17.5 Å². The third-order valence-corrected chi connectivity index (χ3v) is 3.97. The van der Waals surface area contributed by atoms with Crippen LogP contribution in [0, 0.1) is 0 Å². The van der Waals surface area contributed by atoms with Gasteiger partial charge >= 0.3 is 0 Å². The lowest BCUT2D eigenvalue weighted by Crippen LogP contribution is -2.10. The molecular formula is C8H7N5S2. The van der Waals surface area contributed by atoms with Gasteiger partial charge in [0.2, 0.25) is 4.96 Å². The number of fused-ring (bicyclic) bond motifs is 1. The van der Waals surface area contributed by atoms with Crippen LogP contribution in [0.1, 0.15) is 15.9 Å². The molecule has 1 unspecified atom stereocenters. The third-order valence-electron chi connectivity index (χ3n) is 2.02. The van der Waals surface area contributed by atoms with E-state index >= 15 is 0 Å². The SMILES string of the molecule is NC(c1cccs1)c1nn2cnnc2s1. The lowest BCUT2D eigenvalue weighted by molar-refractivity contribution is 0.816. The minimum absolute atomic E-state index is 0.156. The number of nitrogens with zero attached hydrogens (tertiary/aromatic N) is 4. The van der Waals surface area contributed by atoms with Gasteiger partial charge in [-0.05, 0) is 11.4 Å². The first-order valence-corrected chi connectivity index (χ1v) is 6.00. The van der Waals surface area contributed by atoms with Crippen molar-refractivity contribution < 1.29 is 0 Å². The van der Waals surface area contributed by atoms with Gasteiger partial charge in [-0.3, -0.25) is 0 Å². The molecular weight excluding hydrogens is 230 g/mol. The summed E-state index contributed by atoms with van der Waals surface area (Å²) in [4.78, 5) is 1.89. The molecule has 15 heavy (non-hydrogen) atoms. The maximum absolute atomic E-state index is 6.08. The molecule has 1 atom stereocenters. The smallest absolute Gasteiger partial charge is 0.234 e. The highest BCUT2D eigenvalue weighted by atomic mass is 32.1. The summed E-state index contributed by atoms with van der Waals surface area (Å²) in [6.07, 6.45) is 1.58. The van der Waals surface area contributed by atoms with Gasteiger partial charge in [-0.15, -0.1) is 21.5 Å². The van der Waals surface area contributed by atoms with E-state index in [0.29, 0.717) is 0 Å². The van der Waals surface area contributed by atoms with Gasteiger partial charge in [0.05, 0.1) is 6.04 Å². The van der Waals surface area contributed by atoms with E-state index in [2.05, 4.69) is 15.3 Å². The quantitative estimate of drug-likeness (QED) is 0.729. The molecule has 0 bridgehead atoms. The van der Waals surface area contributed by atoms with Gasteiger partial charge in [0, 0.05) is 4.88 Å². The van der Waals surface area contributed by atoms with Crippen LogP contribution in [0.25, 0.3) is 4.96 Å². The van der Waals surface area contributed by atoms with E-state index in [1.165, 1.54) is 11.3 Å². The molecule has 0 saturated heterocycles. The summed E-state index contributed by atoms with van der Waals surface area (Å²) in [5, 5.41) is 14.9. The Balaban J connectivity index is 2.03. The largest absolute Gasteiger partial charge is 0.318 e. The van der Waals surface area contributed by atoms with Crippen molar-refractivity contribution in [3.05, 3.63) is 33.7 Å². The number of nitrogens with two attached hydrogens (primary N) is 1. The van der Waals surface area contributed by atoms with Crippen LogP contribution >= 0.6 is 22.7 Å². The number of rotatable bonds is 2. The molecule has 2 N–H and O–H groups in total. The minimum atomic E-state index is -0.156. The van der Waals surface area contributed by atoms with Gasteiger partial charge in [0.25, 0.3) is 0 Å². The van der Waals surface area contributed by atoms with Gasteiger partial charge in [0.15, 0.2) is 0 Å². The molecule has 7 heteroatoms. The molecule has 5 nitrogen and oxygen atoms in total. The molecule has 0 amide bonds. The van der Waals surface area contributed by atoms with E-state index in [9.17, 15) is 0 Å². The first-order chi connectivity index (χ1) is 7.34. The fraction of sp³-hybridized carbons (Fsp3) is 0.125. The lowest BCUT2D eigenvalue weighted by Gasteiger charge is -2.03. The van der Waals surface area contributed by atoms with E-state index in [-0.39, 0.29) is 6.04 Å². The van der Waals surface area contributed by atoms with Gasteiger partial charge < -0.3 is 5.73 Å². The summed E-state index contributed by atoms with van der Waals surface area (Å²) in [6, 6.07) is 3.84. The van der Waals surface area contributed by atoms with E-state index in [1.54, 1.807) is 22.2 Å². The fourth-order valence-corrected chi connectivity index (χ4v) is 2.93. The average Bonchev–Trinajstić information content (AvgIpc) is 2.92. The number of hydrogen-bond donors (Lipinski definition) is 1. The van der Waals surface area contributed by atoms with Gasteiger partial charge in [-0.1, -0.05) is 17.4 Å². The summed E-state index contributed by atoms with van der Waals surface area (Å²) < 4.78 is 1.65. The van der Waals surface area contributed by atoms with Crippen LogP contribution in [0.5, 0.6) is 0 Å². The molecule has 3 rings (SSSR count). The van der Waals surface area contributed by atoms with E-state index in [4.69, 9.17) is 5.73 Å². The van der Waals surface area contributed by atoms with Crippen LogP contribution in [0.3, 0.4) is 0 Å². The van der Waals surface area contributed by atoms with Crippen LogP contribution in [-0.2, 0) is 0 Å². The second-order valence-corrected chi connectivity index (χ2v) is 4.96. The van der Waals surface area contributed by atoms with Crippen molar-refractivity contribution in [2.75, 3.05) is 0 Å².